The molecular weight excluding hydrogens is 796 g/mol. The van der Waals surface area contributed by atoms with Gasteiger partial charge in [0, 0.05) is 10.8 Å². The van der Waals surface area contributed by atoms with Crippen LogP contribution in [0.15, 0.2) is 46.9 Å². The zero-order valence-corrected chi connectivity index (χ0v) is 36.1. The summed E-state index contributed by atoms with van der Waals surface area (Å²) in [5, 5.41) is 2.99. The van der Waals surface area contributed by atoms with E-state index in [0.717, 1.165) is 10.8 Å². The molecule has 0 aliphatic heterocycles. The Morgan fingerprint density at radius 2 is 0.515 bits per heavy atom. The van der Waals surface area contributed by atoms with E-state index in [1.54, 1.807) is 0 Å². The number of benzene rings is 9. The van der Waals surface area contributed by atoms with E-state index in [-0.39, 0.29) is 180 Å². The minimum Gasteiger partial charge on any atom is -0.456 e. The van der Waals surface area contributed by atoms with Crippen molar-refractivity contribution < 1.29 is 4.42 Å². The molecule has 0 saturated heterocycles. The zero-order valence-electron chi connectivity index (χ0n) is 36.1. The maximum absolute atomic E-state index is 7.30. The van der Waals surface area contributed by atoms with Gasteiger partial charge in [0.25, 0.3) is 0 Å². The van der Waals surface area contributed by atoms with Gasteiger partial charge in [0.05, 0.1) is 0 Å². The van der Waals surface area contributed by atoms with Crippen LogP contribution in [0, 0.1) is 0 Å². The lowest BCUT2D eigenvalue weighted by Crippen LogP contribution is -2.53. The smallest absolute Gasteiger partial charge is 0.135 e. The Kier molecular flexibility index (Phi) is 11.1. The number of furan rings is 1. The molecule has 0 aliphatic rings. The minimum absolute atomic E-state index is 0.00448. The van der Waals surface area contributed by atoms with Crippen molar-refractivity contribution in [1.29, 1.82) is 0 Å². The highest BCUT2D eigenvalue weighted by Crippen LogP contribution is 2.42. The summed E-state index contributed by atoms with van der Waals surface area (Å²) in [7, 11) is 143. The van der Waals surface area contributed by atoms with Gasteiger partial charge >= 0.3 is 0 Å². The quantitative estimate of drug-likeness (QED) is 0.128. The third kappa shape index (κ3) is 6.06. The van der Waals surface area contributed by atoms with Crippen LogP contribution in [0.3, 0.4) is 0 Å². The second-order valence-electron chi connectivity index (χ2n) is 16.9. The number of para-hydroxylation sites is 1. The van der Waals surface area contributed by atoms with Crippen molar-refractivity contribution in [2.75, 3.05) is 0 Å². The molecule has 0 saturated carbocycles. The Balaban J connectivity index is 1.39. The van der Waals surface area contributed by atoms with Crippen LogP contribution in [0.1, 0.15) is 0 Å². The molecule has 0 aliphatic carbocycles. The third-order valence-electron chi connectivity index (χ3n) is 13.5. The molecule has 68 heavy (non-hydrogen) atoms. The van der Waals surface area contributed by atoms with Crippen LogP contribution in [0.2, 0.25) is 0 Å². The molecule has 0 amide bonds. The summed E-state index contributed by atoms with van der Waals surface area (Å²) >= 11 is 0. The first-order valence-corrected chi connectivity index (χ1v) is 20.5. The highest BCUT2D eigenvalue weighted by molar-refractivity contribution is 6.76. The monoisotopic (exact) mass is 806 g/mol. The molecule has 22 heteroatoms. The van der Waals surface area contributed by atoms with E-state index in [1.807, 2.05) is 42.5 Å². The number of hydrogen-bond donors (Lipinski definition) is 0. The summed E-state index contributed by atoms with van der Waals surface area (Å²) in [5.41, 5.74) is 1.33. The summed E-state index contributed by atoms with van der Waals surface area (Å²) in [6.07, 6.45) is 0. The summed E-state index contributed by atoms with van der Waals surface area (Å²) in [5.74, 6) is 0. The van der Waals surface area contributed by atoms with Gasteiger partial charge in [-0.25, -0.2) is 0 Å². The number of hydrogen-bond acceptors (Lipinski definition) is 1. The van der Waals surface area contributed by atoms with Gasteiger partial charge in [-0.3, -0.25) is 0 Å². The fourth-order valence-electron chi connectivity index (χ4n) is 10.0. The van der Waals surface area contributed by atoms with Crippen LogP contribution < -0.4 is 115 Å². The van der Waals surface area contributed by atoms with Gasteiger partial charge in [0.15, 0.2) is 0 Å². The van der Waals surface area contributed by atoms with E-state index < -0.39 is 0 Å². The second-order valence-corrected chi connectivity index (χ2v) is 16.9. The molecule has 1 aromatic heterocycles. The fraction of sp³-hybridized carbons (Fsp3) is 0. The normalized spacial score (nSPS) is 11.9. The van der Waals surface area contributed by atoms with Gasteiger partial charge < -0.3 is 4.42 Å². The summed E-state index contributed by atoms with van der Waals surface area (Å²) in [6.45, 7) is 0. The molecule has 0 unspecified atom stereocenters. The van der Waals surface area contributed by atoms with Crippen LogP contribution in [0.4, 0.5) is 0 Å². The lowest BCUT2D eigenvalue weighted by molar-refractivity contribution is 0.669. The topological polar surface area (TPSA) is 13.1 Å². The Bertz CT molecular complexity index is 3960. The Hall–Kier alpha value is -4.82. The highest BCUT2D eigenvalue weighted by atomic mass is 16.3. The van der Waals surface area contributed by atoms with Crippen molar-refractivity contribution in [1.82, 2.24) is 0 Å². The fourth-order valence-corrected chi connectivity index (χ4v) is 10.0. The lowest BCUT2D eigenvalue weighted by atomic mass is 9.55. The van der Waals surface area contributed by atoms with Gasteiger partial charge in [-0.1, -0.05) is 106 Å². The predicted molar refractivity (Wildman–Crippen MR) is 313 cm³/mol. The standard InChI is InChI=1S/C46H7B21O/c47-26-19(33(54)34(55)21-20(26)35(56)36(57)22(27(21)48)23-28(49)24-25(38(59)37(23)58)40(61)46(67)45(66)39(24)60)14-17-15(29(50)41(62)43(64)31(17)52)13(16-18(14)32(53)44(65)42(63)30(16)51)8-5-6-12-10(7-8)9-3-1-2-4-11(9)68-12/h1-7H. The molecule has 42 radical (unpaired) electrons. The van der Waals surface area contributed by atoms with E-state index in [0.29, 0.717) is 22.3 Å². The lowest BCUT2D eigenvalue weighted by Gasteiger charge is -2.32. The van der Waals surface area contributed by atoms with Crippen LogP contribution in [-0.4, -0.2) is 165 Å². The maximum atomic E-state index is 7.30. The molecule has 9 aromatic carbocycles. The van der Waals surface area contributed by atoms with Crippen molar-refractivity contribution in [3.63, 3.8) is 0 Å². The van der Waals surface area contributed by atoms with Gasteiger partial charge in [0.1, 0.15) is 176 Å². The minimum atomic E-state index is -0.141. The third-order valence-corrected chi connectivity index (χ3v) is 13.5. The van der Waals surface area contributed by atoms with Crippen LogP contribution in [0.5, 0.6) is 0 Å². The highest BCUT2D eigenvalue weighted by Gasteiger charge is 2.29. The summed E-state index contributed by atoms with van der Waals surface area (Å²) in [6, 6.07) is 13.1. The SMILES string of the molecule is [B]c1c([B])c([B])c2c([B])c(-c3c([B])c([B])c4c([B])c(-c5c6c([B])c([B])c([B])c([B])c6c(-c6ccc7oc8ccccc8c7c6)c6c([B])c([B])c([B])c([B])c56)c([B])c([B])c4c3[B])c([B])c([B])c2c1[B]. The van der Waals surface area contributed by atoms with Crippen molar-refractivity contribution in [3.8, 4) is 33.4 Å². The Morgan fingerprint density at radius 3 is 0.912 bits per heavy atom. The molecule has 1 nitrogen and oxygen atoms in total. The summed E-state index contributed by atoms with van der Waals surface area (Å²) in [4.78, 5) is 0. The molecule has 10 aromatic rings. The number of rotatable bonds is 3. The molecule has 10 rings (SSSR count). The van der Waals surface area contributed by atoms with Crippen LogP contribution >= 0.6 is 0 Å². The van der Waals surface area contributed by atoms with Gasteiger partial charge in [0.2, 0.25) is 0 Å². The first-order chi connectivity index (χ1) is 32.1. The van der Waals surface area contributed by atoms with Gasteiger partial charge in [-0.15, -0.1) is 32.8 Å². The van der Waals surface area contributed by atoms with E-state index in [9.17, 15) is 0 Å². The average Bonchev–Trinajstić information content (AvgIpc) is 3.69. The van der Waals surface area contributed by atoms with Crippen LogP contribution in [-0.2, 0) is 0 Å². The largest absolute Gasteiger partial charge is 0.456 e. The van der Waals surface area contributed by atoms with Crippen molar-refractivity contribution >= 4 is 345 Å². The molecule has 0 atom stereocenters. The van der Waals surface area contributed by atoms with Gasteiger partial charge in [-0.05, 0) is 94.7 Å². The van der Waals surface area contributed by atoms with Gasteiger partial charge in [-0.2, -0.15) is 0 Å². The van der Waals surface area contributed by atoms with Crippen molar-refractivity contribution in [2.45, 2.75) is 0 Å². The van der Waals surface area contributed by atoms with E-state index >= 15 is 0 Å². The van der Waals surface area contributed by atoms with Crippen LogP contribution in [0.25, 0.3) is 98.4 Å². The second kappa shape index (κ2) is 16.1. The first-order valence-electron chi connectivity index (χ1n) is 20.5. The average molecular weight is 803 g/mol. The first kappa shape index (κ1) is 46.9. The molecule has 0 spiro atoms. The van der Waals surface area contributed by atoms with Crippen molar-refractivity contribution in [2.24, 2.45) is 0 Å². The molecule has 0 N–H and O–H groups in total. The molecular formula is C46H7B21O. The Labute approximate surface area is 422 Å². The Morgan fingerprint density at radius 1 is 0.221 bits per heavy atom. The van der Waals surface area contributed by atoms with E-state index in [2.05, 4.69) is 0 Å². The summed E-state index contributed by atoms with van der Waals surface area (Å²) < 4.78 is 6.17. The van der Waals surface area contributed by atoms with E-state index in [4.69, 9.17) is 169 Å². The van der Waals surface area contributed by atoms with E-state index in [1.165, 1.54) is 0 Å². The predicted octanol–water partition coefficient (Wildman–Crippen LogP) is -12.1. The molecule has 0 fully saturated rings. The number of fused-ring (bicyclic) bond motifs is 7. The maximum Gasteiger partial charge on any atom is 0.135 e. The molecule has 260 valence electrons. The molecule has 1 heterocycles. The van der Waals surface area contributed by atoms with Crippen molar-refractivity contribution in [3.05, 3.63) is 42.5 Å². The zero-order chi connectivity index (χ0) is 49.2. The molecule has 0 bridgehead atoms.